The van der Waals surface area contributed by atoms with Crippen LogP contribution in [0.25, 0.3) is 11.3 Å². The lowest BCUT2D eigenvalue weighted by molar-refractivity contribution is 0.475. The van der Waals surface area contributed by atoms with Crippen molar-refractivity contribution >= 4 is 27.5 Å². The lowest BCUT2D eigenvalue weighted by Gasteiger charge is -2.03. The summed E-state index contributed by atoms with van der Waals surface area (Å²) < 4.78 is 2.28. The third kappa shape index (κ3) is 1.85. The van der Waals surface area contributed by atoms with E-state index in [9.17, 15) is 5.11 Å². The van der Waals surface area contributed by atoms with E-state index >= 15 is 0 Å². The van der Waals surface area contributed by atoms with Crippen LogP contribution in [0.15, 0.2) is 22.8 Å². The second kappa shape index (κ2) is 3.83. The molecule has 1 heterocycles. The molecule has 0 saturated carbocycles. The van der Waals surface area contributed by atoms with Crippen molar-refractivity contribution in [1.82, 2.24) is 15.0 Å². The summed E-state index contributed by atoms with van der Waals surface area (Å²) in [6.07, 6.45) is 0. The molecule has 0 aliphatic rings. The van der Waals surface area contributed by atoms with Crippen molar-refractivity contribution in [2.24, 2.45) is 7.05 Å². The van der Waals surface area contributed by atoms with Gasteiger partial charge in [0.2, 0.25) is 0 Å². The number of phenolic OH excluding ortho intramolecular Hbond substituents is 1. The van der Waals surface area contributed by atoms with E-state index in [0.29, 0.717) is 9.63 Å². The lowest BCUT2D eigenvalue weighted by atomic mass is 10.1. The Kier molecular flexibility index (Phi) is 2.67. The third-order valence-corrected chi connectivity index (χ3v) is 2.84. The van der Waals surface area contributed by atoms with Crippen molar-refractivity contribution in [2.45, 2.75) is 0 Å². The molecule has 78 valence electrons. The minimum absolute atomic E-state index is 0.0617. The van der Waals surface area contributed by atoms with Gasteiger partial charge in [0.15, 0.2) is 4.60 Å². The van der Waals surface area contributed by atoms with Crippen molar-refractivity contribution in [1.29, 1.82) is 0 Å². The van der Waals surface area contributed by atoms with Gasteiger partial charge < -0.3 is 5.11 Å². The molecular formula is C9H7BrClN3O. The van der Waals surface area contributed by atoms with E-state index in [1.54, 1.807) is 23.9 Å². The van der Waals surface area contributed by atoms with Gasteiger partial charge >= 0.3 is 0 Å². The first-order chi connectivity index (χ1) is 7.09. The molecule has 0 aliphatic carbocycles. The SMILES string of the molecule is Cn1nnc(Br)c1-c1ccc(O)c(Cl)c1. The molecule has 15 heavy (non-hydrogen) atoms. The van der Waals surface area contributed by atoms with Gasteiger partial charge in [-0.3, -0.25) is 0 Å². The summed E-state index contributed by atoms with van der Waals surface area (Å²) in [7, 11) is 1.79. The molecule has 6 heteroatoms. The highest BCUT2D eigenvalue weighted by atomic mass is 79.9. The molecular weight excluding hydrogens is 281 g/mol. The minimum Gasteiger partial charge on any atom is -0.506 e. The maximum absolute atomic E-state index is 9.30. The van der Waals surface area contributed by atoms with Gasteiger partial charge in [0.1, 0.15) is 11.4 Å². The van der Waals surface area contributed by atoms with Crippen LogP contribution in [0, 0.1) is 0 Å². The second-order valence-electron chi connectivity index (χ2n) is 3.02. The van der Waals surface area contributed by atoms with E-state index < -0.39 is 0 Å². The summed E-state index contributed by atoms with van der Waals surface area (Å²) in [5.74, 6) is 0.0617. The highest BCUT2D eigenvalue weighted by molar-refractivity contribution is 9.10. The summed E-state index contributed by atoms with van der Waals surface area (Å²) in [5, 5.41) is 17.3. The number of halogens is 2. The number of hydrogen-bond donors (Lipinski definition) is 1. The molecule has 0 radical (unpaired) electrons. The number of aromatic hydroxyl groups is 1. The summed E-state index contributed by atoms with van der Waals surface area (Å²) in [4.78, 5) is 0. The van der Waals surface area contributed by atoms with E-state index in [1.165, 1.54) is 6.07 Å². The number of aromatic nitrogens is 3. The summed E-state index contributed by atoms with van der Waals surface area (Å²) in [5.41, 5.74) is 1.66. The van der Waals surface area contributed by atoms with Crippen LogP contribution in [0.3, 0.4) is 0 Å². The number of phenols is 1. The zero-order valence-electron chi connectivity index (χ0n) is 7.78. The Morgan fingerprint density at radius 3 is 2.73 bits per heavy atom. The fourth-order valence-corrected chi connectivity index (χ4v) is 2.03. The quantitative estimate of drug-likeness (QED) is 0.877. The standard InChI is InChI=1S/C9H7BrClN3O/c1-14-8(9(10)12-13-14)5-2-3-7(15)6(11)4-5/h2-4,15H,1H3. The van der Waals surface area contributed by atoms with Gasteiger partial charge in [-0.2, -0.15) is 0 Å². The topological polar surface area (TPSA) is 50.9 Å². The van der Waals surface area contributed by atoms with Gasteiger partial charge in [-0.1, -0.05) is 16.8 Å². The lowest BCUT2D eigenvalue weighted by Crippen LogP contribution is -1.93. The molecule has 0 aliphatic heterocycles. The van der Waals surface area contributed by atoms with Crippen LogP contribution in [0.5, 0.6) is 5.75 Å². The molecule has 4 nitrogen and oxygen atoms in total. The normalized spacial score (nSPS) is 10.6. The average Bonchev–Trinajstić information content (AvgIpc) is 2.52. The van der Waals surface area contributed by atoms with Gasteiger partial charge in [0.05, 0.1) is 5.02 Å². The fraction of sp³-hybridized carbons (Fsp3) is 0.111. The van der Waals surface area contributed by atoms with Crippen LogP contribution in [0.4, 0.5) is 0 Å². The van der Waals surface area contributed by atoms with Gasteiger partial charge in [-0.25, -0.2) is 4.68 Å². The van der Waals surface area contributed by atoms with Gasteiger partial charge in [-0.15, -0.1) is 5.10 Å². The molecule has 0 atom stereocenters. The first-order valence-corrected chi connectivity index (χ1v) is 5.30. The monoisotopic (exact) mass is 287 g/mol. The Bertz CT molecular complexity index is 493. The number of nitrogens with zero attached hydrogens (tertiary/aromatic N) is 3. The van der Waals surface area contributed by atoms with E-state index in [1.807, 2.05) is 0 Å². The Balaban J connectivity index is 2.59. The predicted octanol–water partition coefficient (Wildman–Crippen LogP) is 2.60. The van der Waals surface area contributed by atoms with Gasteiger partial charge in [-0.05, 0) is 34.1 Å². The van der Waals surface area contributed by atoms with Gasteiger partial charge in [0.25, 0.3) is 0 Å². The molecule has 1 N–H and O–H groups in total. The first-order valence-electron chi connectivity index (χ1n) is 4.13. The molecule has 2 aromatic rings. The van der Waals surface area contributed by atoms with Crippen LogP contribution in [-0.4, -0.2) is 20.1 Å². The number of aryl methyl sites for hydroxylation is 1. The molecule has 2 rings (SSSR count). The largest absolute Gasteiger partial charge is 0.506 e. The molecule has 0 spiro atoms. The number of hydrogen-bond acceptors (Lipinski definition) is 3. The van der Waals surface area contributed by atoms with Crippen molar-refractivity contribution in [2.75, 3.05) is 0 Å². The van der Waals surface area contributed by atoms with Crippen molar-refractivity contribution in [3.63, 3.8) is 0 Å². The van der Waals surface area contributed by atoms with Crippen LogP contribution >= 0.6 is 27.5 Å². The Labute approximate surface area is 99.6 Å². The summed E-state index contributed by atoms with van der Waals surface area (Å²) in [6, 6.07) is 4.96. The molecule has 0 saturated heterocycles. The Morgan fingerprint density at radius 1 is 1.47 bits per heavy atom. The zero-order valence-corrected chi connectivity index (χ0v) is 10.1. The van der Waals surface area contributed by atoms with Crippen LogP contribution < -0.4 is 0 Å². The Hall–Kier alpha value is -1.07. The highest BCUT2D eigenvalue weighted by Gasteiger charge is 2.11. The molecule has 1 aromatic carbocycles. The minimum atomic E-state index is 0.0617. The van der Waals surface area contributed by atoms with Crippen LogP contribution in [-0.2, 0) is 7.05 Å². The van der Waals surface area contributed by atoms with Crippen LogP contribution in [0.2, 0.25) is 5.02 Å². The van der Waals surface area contributed by atoms with Crippen molar-refractivity contribution in [3.8, 4) is 17.0 Å². The summed E-state index contributed by atoms with van der Waals surface area (Å²) in [6.45, 7) is 0. The molecule has 0 bridgehead atoms. The average molecular weight is 289 g/mol. The summed E-state index contributed by atoms with van der Waals surface area (Å²) >= 11 is 9.12. The number of benzene rings is 1. The fourth-order valence-electron chi connectivity index (χ4n) is 1.29. The van der Waals surface area contributed by atoms with E-state index in [4.69, 9.17) is 11.6 Å². The van der Waals surface area contributed by atoms with Crippen LogP contribution in [0.1, 0.15) is 0 Å². The maximum Gasteiger partial charge on any atom is 0.156 e. The van der Waals surface area contributed by atoms with Gasteiger partial charge in [0, 0.05) is 12.6 Å². The van der Waals surface area contributed by atoms with E-state index in [2.05, 4.69) is 26.2 Å². The van der Waals surface area contributed by atoms with E-state index in [0.717, 1.165) is 11.3 Å². The molecule has 1 aromatic heterocycles. The first kappa shape index (κ1) is 10.4. The van der Waals surface area contributed by atoms with E-state index in [-0.39, 0.29) is 5.75 Å². The second-order valence-corrected chi connectivity index (χ2v) is 4.18. The zero-order chi connectivity index (χ0) is 11.0. The predicted molar refractivity (Wildman–Crippen MR) is 60.8 cm³/mol. The smallest absolute Gasteiger partial charge is 0.156 e. The Morgan fingerprint density at radius 2 is 2.20 bits per heavy atom. The van der Waals surface area contributed by atoms with Crippen molar-refractivity contribution < 1.29 is 5.11 Å². The third-order valence-electron chi connectivity index (χ3n) is 2.01. The van der Waals surface area contributed by atoms with Crippen molar-refractivity contribution in [3.05, 3.63) is 27.8 Å². The molecule has 0 unspecified atom stereocenters. The molecule has 0 fully saturated rings. The maximum atomic E-state index is 9.30. The highest BCUT2D eigenvalue weighted by Crippen LogP contribution is 2.31. The number of rotatable bonds is 1. The molecule has 0 amide bonds.